The van der Waals surface area contributed by atoms with Gasteiger partial charge in [0.05, 0.1) is 6.42 Å². The molecule has 3 aromatic rings. The molecule has 0 unspecified atom stereocenters. The molecule has 1 fully saturated rings. The summed E-state index contributed by atoms with van der Waals surface area (Å²) < 4.78 is 0. The van der Waals surface area contributed by atoms with E-state index in [-0.39, 0.29) is 24.3 Å². The second kappa shape index (κ2) is 7.66. The quantitative estimate of drug-likeness (QED) is 0.605. The van der Waals surface area contributed by atoms with Crippen molar-refractivity contribution in [2.45, 2.75) is 37.8 Å². The zero-order valence-corrected chi connectivity index (χ0v) is 15.1. The molecule has 0 radical (unpaired) electrons. The number of rotatable bonds is 7. The van der Waals surface area contributed by atoms with Crippen LogP contribution in [0, 0.1) is 0 Å². The third-order valence-electron chi connectivity index (χ3n) is 4.88. The summed E-state index contributed by atoms with van der Waals surface area (Å²) in [7, 11) is 0. The molecule has 1 atom stereocenters. The number of benzene rings is 2. The molecular weight excluding hydrogens is 338 g/mol. The van der Waals surface area contributed by atoms with E-state index in [4.69, 9.17) is 0 Å². The van der Waals surface area contributed by atoms with Gasteiger partial charge in [-0.2, -0.15) is 0 Å². The molecule has 4 rings (SSSR count). The summed E-state index contributed by atoms with van der Waals surface area (Å²) in [5, 5.41) is 7.04. The molecule has 5 nitrogen and oxygen atoms in total. The van der Waals surface area contributed by atoms with Crippen LogP contribution in [-0.4, -0.2) is 28.9 Å². The first-order valence-corrected chi connectivity index (χ1v) is 9.38. The van der Waals surface area contributed by atoms with E-state index in [1.165, 1.54) is 0 Å². The summed E-state index contributed by atoms with van der Waals surface area (Å²) in [6.45, 7) is 0. The predicted octanol–water partition coefficient (Wildman–Crippen LogP) is 2.72. The van der Waals surface area contributed by atoms with Gasteiger partial charge in [0.15, 0.2) is 0 Å². The Kier molecular flexibility index (Phi) is 4.92. The number of carbonyl (C=O) groups is 2. The van der Waals surface area contributed by atoms with E-state index in [9.17, 15) is 9.59 Å². The maximum Gasteiger partial charge on any atom is 0.243 e. The summed E-state index contributed by atoms with van der Waals surface area (Å²) in [6.07, 6.45) is 4.68. The average molecular weight is 361 g/mol. The number of hydrogen-bond donors (Lipinski definition) is 3. The Balaban J connectivity index is 1.49. The van der Waals surface area contributed by atoms with Gasteiger partial charge in [0, 0.05) is 29.6 Å². The van der Waals surface area contributed by atoms with Crippen molar-refractivity contribution < 1.29 is 9.59 Å². The molecule has 27 heavy (non-hydrogen) atoms. The Morgan fingerprint density at radius 3 is 2.56 bits per heavy atom. The summed E-state index contributed by atoms with van der Waals surface area (Å²) in [5.41, 5.74) is 2.99. The second-order valence-corrected chi connectivity index (χ2v) is 7.13. The van der Waals surface area contributed by atoms with E-state index in [0.29, 0.717) is 6.42 Å². The Hall–Kier alpha value is -3.08. The number of fused-ring (bicyclic) bond motifs is 1. The van der Waals surface area contributed by atoms with Crippen LogP contribution in [0.15, 0.2) is 60.8 Å². The first-order chi connectivity index (χ1) is 13.2. The van der Waals surface area contributed by atoms with Crippen molar-refractivity contribution in [1.29, 1.82) is 0 Å². The zero-order chi connectivity index (χ0) is 18.6. The van der Waals surface area contributed by atoms with Crippen LogP contribution in [0.3, 0.4) is 0 Å². The number of carbonyl (C=O) groups excluding carboxylic acids is 2. The van der Waals surface area contributed by atoms with Crippen molar-refractivity contribution in [2.24, 2.45) is 0 Å². The zero-order valence-electron chi connectivity index (χ0n) is 15.1. The van der Waals surface area contributed by atoms with Gasteiger partial charge < -0.3 is 15.6 Å². The number of para-hydroxylation sites is 1. The van der Waals surface area contributed by atoms with E-state index < -0.39 is 6.04 Å². The number of aromatic amines is 1. The van der Waals surface area contributed by atoms with E-state index in [2.05, 4.69) is 15.6 Å². The molecule has 1 aliphatic rings. The van der Waals surface area contributed by atoms with Gasteiger partial charge in [0.25, 0.3) is 0 Å². The maximum atomic E-state index is 12.7. The maximum absolute atomic E-state index is 12.7. The minimum Gasteiger partial charge on any atom is -0.361 e. The largest absolute Gasteiger partial charge is 0.361 e. The molecule has 1 saturated carbocycles. The molecule has 0 saturated heterocycles. The highest BCUT2D eigenvalue weighted by molar-refractivity contribution is 5.90. The fraction of sp³-hybridized carbons (Fsp3) is 0.273. The van der Waals surface area contributed by atoms with Crippen molar-refractivity contribution in [2.75, 3.05) is 0 Å². The van der Waals surface area contributed by atoms with Crippen molar-refractivity contribution in [3.05, 3.63) is 71.9 Å². The molecule has 0 spiro atoms. The lowest BCUT2D eigenvalue weighted by Crippen LogP contribution is -2.49. The Morgan fingerprint density at radius 1 is 1.04 bits per heavy atom. The molecule has 0 aliphatic heterocycles. The topological polar surface area (TPSA) is 74.0 Å². The third-order valence-corrected chi connectivity index (χ3v) is 4.88. The van der Waals surface area contributed by atoms with Gasteiger partial charge in [0.2, 0.25) is 11.8 Å². The number of H-pyrrole nitrogens is 1. The smallest absolute Gasteiger partial charge is 0.243 e. The van der Waals surface area contributed by atoms with Crippen LogP contribution < -0.4 is 10.6 Å². The van der Waals surface area contributed by atoms with Gasteiger partial charge in [-0.3, -0.25) is 9.59 Å². The van der Waals surface area contributed by atoms with Crippen LogP contribution in [0.2, 0.25) is 0 Å². The molecule has 1 aliphatic carbocycles. The minimum atomic E-state index is -0.582. The van der Waals surface area contributed by atoms with Gasteiger partial charge >= 0.3 is 0 Å². The average Bonchev–Trinajstić information content (AvgIpc) is 3.40. The molecule has 0 bridgehead atoms. The highest BCUT2D eigenvalue weighted by Gasteiger charge is 2.29. The molecule has 2 aromatic carbocycles. The number of aromatic nitrogens is 1. The summed E-state index contributed by atoms with van der Waals surface area (Å²) in [5.74, 6) is -0.249. The first kappa shape index (κ1) is 17.3. The third kappa shape index (κ3) is 4.37. The van der Waals surface area contributed by atoms with E-state index in [1.807, 2.05) is 60.8 Å². The summed E-state index contributed by atoms with van der Waals surface area (Å²) in [6, 6.07) is 17.2. The van der Waals surface area contributed by atoms with Gasteiger partial charge in [-0.25, -0.2) is 0 Å². The summed E-state index contributed by atoms with van der Waals surface area (Å²) in [4.78, 5) is 28.5. The number of nitrogens with one attached hydrogen (secondary N) is 3. The standard InChI is InChI=1S/C22H23N3O2/c26-21(12-15-6-2-1-3-7-15)25-20(22(27)24-17-10-11-17)13-16-14-23-19-9-5-4-8-18(16)19/h1-9,14,17,20,23H,10-13H2,(H,24,27)(H,25,26)/t20-/m0/s1. The number of amides is 2. The fourth-order valence-corrected chi connectivity index (χ4v) is 3.29. The Bertz CT molecular complexity index is 944. The monoisotopic (exact) mass is 361 g/mol. The highest BCUT2D eigenvalue weighted by Crippen LogP contribution is 2.21. The predicted molar refractivity (Wildman–Crippen MR) is 105 cm³/mol. The van der Waals surface area contributed by atoms with E-state index >= 15 is 0 Å². The molecule has 3 N–H and O–H groups in total. The summed E-state index contributed by atoms with van der Waals surface area (Å²) >= 11 is 0. The van der Waals surface area contributed by atoms with Crippen molar-refractivity contribution in [3.63, 3.8) is 0 Å². The lowest BCUT2D eigenvalue weighted by atomic mass is 10.0. The molecule has 138 valence electrons. The van der Waals surface area contributed by atoms with Crippen molar-refractivity contribution >= 4 is 22.7 Å². The van der Waals surface area contributed by atoms with E-state index in [0.717, 1.165) is 34.9 Å². The molecule has 1 aromatic heterocycles. The van der Waals surface area contributed by atoms with Crippen LogP contribution >= 0.6 is 0 Å². The van der Waals surface area contributed by atoms with Crippen LogP contribution in [0.5, 0.6) is 0 Å². The van der Waals surface area contributed by atoms with Crippen LogP contribution in [0.4, 0.5) is 0 Å². The first-order valence-electron chi connectivity index (χ1n) is 9.38. The molecule has 5 heteroatoms. The SMILES string of the molecule is O=C(Cc1ccccc1)N[C@@H](Cc1c[nH]c2ccccc12)C(=O)NC1CC1. The number of hydrogen-bond acceptors (Lipinski definition) is 2. The van der Waals surface area contributed by atoms with Crippen LogP contribution in [-0.2, 0) is 22.4 Å². The lowest BCUT2D eigenvalue weighted by molar-refractivity contribution is -0.128. The lowest BCUT2D eigenvalue weighted by Gasteiger charge is -2.18. The van der Waals surface area contributed by atoms with Gasteiger partial charge in [-0.1, -0.05) is 48.5 Å². The van der Waals surface area contributed by atoms with Crippen LogP contribution in [0.1, 0.15) is 24.0 Å². The molecule has 1 heterocycles. The van der Waals surface area contributed by atoms with Crippen molar-refractivity contribution in [3.8, 4) is 0 Å². The van der Waals surface area contributed by atoms with Gasteiger partial charge in [-0.15, -0.1) is 0 Å². The normalized spacial score (nSPS) is 14.7. The minimum absolute atomic E-state index is 0.107. The van der Waals surface area contributed by atoms with Gasteiger partial charge in [-0.05, 0) is 30.0 Å². The van der Waals surface area contributed by atoms with Crippen molar-refractivity contribution in [1.82, 2.24) is 15.6 Å². The highest BCUT2D eigenvalue weighted by atomic mass is 16.2. The van der Waals surface area contributed by atoms with Crippen LogP contribution in [0.25, 0.3) is 10.9 Å². The Labute approximate surface area is 158 Å². The fourth-order valence-electron chi connectivity index (χ4n) is 3.29. The van der Waals surface area contributed by atoms with E-state index in [1.54, 1.807) is 0 Å². The molecule has 2 amide bonds. The Morgan fingerprint density at radius 2 is 1.78 bits per heavy atom. The van der Waals surface area contributed by atoms with Gasteiger partial charge in [0.1, 0.15) is 6.04 Å². The molecular formula is C22H23N3O2. The second-order valence-electron chi connectivity index (χ2n) is 7.13.